The van der Waals surface area contributed by atoms with Gasteiger partial charge in [0.05, 0.1) is 0 Å². The lowest BCUT2D eigenvalue weighted by Gasteiger charge is -2.14. The second-order valence-corrected chi connectivity index (χ2v) is 3.78. The lowest BCUT2D eigenvalue weighted by molar-refractivity contribution is 0.286. The monoisotopic (exact) mass is 155 g/mol. The first-order valence-corrected chi connectivity index (χ1v) is 4.24. The third kappa shape index (κ3) is 1.00. The lowest BCUT2D eigenvalue weighted by Crippen LogP contribution is -2.24. The first-order chi connectivity index (χ1) is 5.18. The van der Waals surface area contributed by atoms with E-state index in [9.17, 15) is 4.39 Å². The van der Waals surface area contributed by atoms with Gasteiger partial charge in [-0.25, -0.2) is 4.39 Å². The molecule has 0 aromatic heterocycles. The van der Waals surface area contributed by atoms with Crippen molar-refractivity contribution < 1.29 is 4.39 Å². The van der Waals surface area contributed by atoms with Crippen molar-refractivity contribution in [3.8, 4) is 0 Å². The zero-order chi connectivity index (χ0) is 8.01. The van der Waals surface area contributed by atoms with Crippen LogP contribution in [-0.2, 0) is 0 Å². The summed E-state index contributed by atoms with van der Waals surface area (Å²) < 4.78 is 12.9. The molecule has 2 saturated heterocycles. The van der Waals surface area contributed by atoms with Gasteiger partial charge in [-0.2, -0.15) is 0 Å². The summed E-state index contributed by atoms with van der Waals surface area (Å²) in [5, 5.41) is 0. The first-order valence-electron chi connectivity index (χ1n) is 4.24. The van der Waals surface area contributed by atoms with Gasteiger partial charge in [0.15, 0.2) is 0 Å². The van der Waals surface area contributed by atoms with Crippen LogP contribution in [0.5, 0.6) is 0 Å². The van der Waals surface area contributed by atoms with E-state index >= 15 is 0 Å². The Morgan fingerprint density at radius 3 is 3.00 bits per heavy atom. The molecule has 3 atom stereocenters. The number of rotatable bonds is 0. The van der Waals surface area contributed by atoms with Crippen LogP contribution in [0.15, 0.2) is 12.2 Å². The molecule has 2 heteroatoms. The molecule has 2 aliphatic heterocycles. The Balaban J connectivity index is 2.13. The van der Waals surface area contributed by atoms with E-state index in [4.69, 9.17) is 0 Å². The SMILES string of the molecule is C=C1CN2C[C@H](F)C[C@H]2C1C. The highest BCUT2D eigenvalue weighted by molar-refractivity contribution is 5.15. The Bertz CT molecular complexity index is 190. The zero-order valence-electron chi connectivity index (χ0n) is 6.89. The fourth-order valence-corrected chi connectivity index (χ4v) is 2.25. The van der Waals surface area contributed by atoms with Crippen molar-refractivity contribution in [3.63, 3.8) is 0 Å². The molecular weight excluding hydrogens is 141 g/mol. The van der Waals surface area contributed by atoms with Gasteiger partial charge in [0, 0.05) is 19.1 Å². The number of fused-ring (bicyclic) bond motifs is 1. The van der Waals surface area contributed by atoms with E-state index in [-0.39, 0.29) is 0 Å². The first kappa shape index (κ1) is 7.29. The average molecular weight is 155 g/mol. The van der Waals surface area contributed by atoms with Gasteiger partial charge in [0.25, 0.3) is 0 Å². The van der Waals surface area contributed by atoms with E-state index in [1.165, 1.54) is 5.57 Å². The minimum Gasteiger partial charge on any atom is -0.293 e. The molecule has 0 saturated carbocycles. The highest BCUT2D eigenvalue weighted by Crippen LogP contribution is 2.35. The Morgan fingerprint density at radius 2 is 2.36 bits per heavy atom. The van der Waals surface area contributed by atoms with Gasteiger partial charge in [-0.15, -0.1) is 0 Å². The molecule has 0 bridgehead atoms. The summed E-state index contributed by atoms with van der Waals surface area (Å²) in [6.07, 6.45) is 0.135. The van der Waals surface area contributed by atoms with Gasteiger partial charge in [-0.1, -0.05) is 19.1 Å². The molecule has 2 heterocycles. The summed E-state index contributed by atoms with van der Waals surface area (Å²) in [4.78, 5) is 2.22. The molecule has 0 radical (unpaired) electrons. The summed E-state index contributed by atoms with van der Waals surface area (Å²) in [6.45, 7) is 7.69. The Morgan fingerprint density at radius 1 is 1.64 bits per heavy atom. The van der Waals surface area contributed by atoms with Crippen molar-refractivity contribution in [2.45, 2.75) is 25.6 Å². The maximum Gasteiger partial charge on any atom is 0.114 e. The lowest BCUT2D eigenvalue weighted by atomic mass is 9.97. The van der Waals surface area contributed by atoms with Gasteiger partial charge in [0.2, 0.25) is 0 Å². The van der Waals surface area contributed by atoms with Crippen molar-refractivity contribution in [1.82, 2.24) is 4.90 Å². The summed E-state index contributed by atoms with van der Waals surface area (Å²) in [5.41, 5.74) is 1.28. The fraction of sp³-hybridized carbons (Fsp3) is 0.778. The highest BCUT2D eigenvalue weighted by Gasteiger charge is 2.41. The number of hydrogen-bond acceptors (Lipinski definition) is 1. The summed E-state index contributed by atoms with van der Waals surface area (Å²) in [5.74, 6) is 0.510. The van der Waals surface area contributed by atoms with Crippen molar-refractivity contribution in [2.24, 2.45) is 5.92 Å². The van der Waals surface area contributed by atoms with Crippen LogP contribution in [0.25, 0.3) is 0 Å². The average Bonchev–Trinajstić information content (AvgIpc) is 2.37. The molecule has 2 rings (SSSR count). The maximum atomic E-state index is 12.9. The van der Waals surface area contributed by atoms with Crippen LogP contribution < -0.4 is 0 Å². The van der Waals surface area contributed by atoms with Crippen molar-refractivity contribution in [3.05, 3.63) is 12.2 Å². The second kappa shape index (κ2) is 2.31. The van der Waals surface area contributed by atoms with Gasteiger partial charge >= 0.3 is 0 Å². The number of halogens is 1. The zero-order valence-corrected chi connectivity index (χ0v) is 6.89. The van der Waals surface area contributed by atoms with Crippen LogP contribution in [0, 0.1) is 5.92 Å². The maximum absolute atomic E-state index is 12.9. The predicted octanol–water partition coefficient (Wildman–Crippen LogP) is 1.60. The molecule has 62 valence electrons. The van der Waals surface area contributed by atoms with Crippen LogP contribution in [0.3, 0.4) is 0 Å². The minimum absolute atomic E-state index is 0.456. The Hall–Kier alpha value is -0.370. The van der Waals surface area contributed by atoms with E-state index in [2.05, 4.69) is 18.4 Å². The molecule has 2 fully saturated rings. The van der Waals surface area contributed by atoms with E-state index in [1.807, 2.05) is 0 Å². The molecule has 0 aromatic carbocycles. The Kier molecular flexibility index (Phi) is 1.53. The number of alkyl halides is 1. The van der Waals surface area contributed by atoms with Gasteiger partial charge in [-0.3, -0.25) is 4.90 Å². The van der Waals surface area contributed by atoms with Crippen molar-refractivity contribution >= 4 is 0 Å². The summed E-state index contributed by atoms with van der Waals surface area (Å²) >= 11 is 0. The van der Waals surface area contributed by atoms with E-state index < -0.39 is 6.17 Å². The normalized spacial score (nSPS) is 44.9. The van der Waals surface area contributed by atoms with Crippen molar-refractivity contribution in [1.29, 1.82) is 0 Å². The topological polar surface area (TPSA) is 3.24 Å². The molecule has 1 nitrogen and oxygen atoms in total. The molecule has 11 heavy (non-hydrogen) atoms. The molecule has 0 N–H and O–H groups in total. The summed E-state index contributed by atoms with van der Waals surface area (Å²) in [7, 11) is 0. The number of hydrogen-bond donors (Lipinski definition) is 0. The van der Waals surface area contributed by atoms with Crippen molar-refractivity contribution in [2.75, 3.05) is 13.1 Å². The highest BCUT2D eigenvalue weighted by atomic mass is 19.1. The van der Waals surface area contributed by atoms with Gasteiger partial charge in [0.1, 0.15) is 6.17 Å². The van der Waals surface area contributed by atoms with Crippen LogP contribution in [-0.4, -0.2) is 30.2 Å². The number of nitrogens with zero attached hydrogens (tertiary/aromatic N) is 1. The van der Waals surface area contributed by atoms with Gasteiger partial charge in [-0.05, 0) is 12.3 Å². The quantitative estimate of drug-likeness (QED) is 0.480. The Labute approximate surface area is 66.9 Å². The molecule has 1 unspecified atom stereocenters. The standard InChI is InChI=1S/C9H14FN/c1-6-4-11-5-8(10)3-9(11)7(6)2/h7-9H,1,3-5H2,2H3/t7?,8-,9+/m1/s1. The molecule has 0 aromatic rings. The van der Waals surface area contributed by atoms with E-state index in [1.54, 1.807) is 0 Å². The van der Waals surface area contributed by atoms with Crippen LogP contribution in [0.1, 0.15) is 13.3 Å². The van der Waals surface area contributed by atoms with E-state index in [0.29, 0.717) is 18.5 Å². The molecule has 0 amide bonds. The van der Waals surface area contributed by atoms with E-state index in [0.717, 1.165) is 13.0 Å². The fourth-order valence-electron chi connectivity index (χ4n) is 2.25. The van der Waals surface area contributed by atoms with Gasteiger partial charge < -0.3 is 0 Å². The second-order valence-electron chi connectivity index (χ2n) is 3.78. The predicted molar refractivity (Wildman–Crippen MR) is 43.2 cm³/mol. The minimum atomic E-state index is -0.587. The molecule has 0 aliphatic carbocycles. The molecular formula is C9H14FN. The largest absolute Gasteiger partial charge is 0.293 e. The summed E-state index contributed by atoms with van der Waals surface area (Å²) in [6, 6.07) is 0.456. The third-order valence-electron chi connectivity index (χ3n) is 3.03. The molecule has 0 spiro atoms. The third-order valence-corrected chi connectivity index (χ3v) is 3.03. The molecule has 2 aliphatic rings. The van der Waals surface area contributed by atoms with Crippen LogP contribution >= 0.6 is 0 Å². The van der Waals surface area contributed by atoms with Crippen LogP contribution in [0.2, 0.25) is 0 Å². The smallest absolute Gasteiger partial charge is 0.114 e. The van der Waals surface area contributed by atoms with Crippen LogP contribution in [0.4, 0.5) is 4.39 Å².